The molecule has 1 aliphatic rings. The lowest BCUT2D eigenvalue weighted by Crippen LogP contribution is -2.44. The highest BCUT2D eigenvalue weighted by molar-refractivity contribution is 14.0. The van der Waals surface area contributed by atoms with Crippen LogP contribution in [0.5, 0.6) is 5.75 Å². The van der Waals surface area contributed by atoms with Gasteiger partial charge in [0.15, 0.2) is 5.96 Å². The Balaban J connectivity index is 0.00000300. The van der Waals surface area contributed by atoms with E-state index in [4.69, 9.17) is 16.3 Å². The molecule has 0 aliphatic carbocycles. The van der Waals surface area contributed by atoms with Gasteiger partial charge in [0.1, 0.15) is 11.9 Å². The van der Waals surface area contributed by atoms with Crippen LogP contribution in [-0.2, 0) is 0 Å². The summed E-state index contributed by atoms with van der Waals surface area (Å²) >= 11 is 7.33. The van der Waals surface area contributed by atoms with Crippen LogP contribution in [0.1, 0.15) is 24.3 Å². The van der Waals surface area contributed by atoms with Crippen molar-refractivity contribution in [2.45, 2.75) is 25.5 Å². The fourth-order valence-electron chi connectivity index (χ4n) is 3.28. The van der Waals surface area contributed by atoms with Gasteiger partial charge in [0.25, 0.3) is 0 Å². The molecule has 2 unspecified atom stereocenters. The summed E-state index contributed by atoms with van der Waals surface area (Å²) in [6, 6.07) is 12.0. The predicted molar refractivity (Wildman–Crippen MR) is 132 cm³/mol. The number of aliphatic imine (C=N–C) groups is 1. The normalized spacial score (nSPS) is 17.6. The average molecular weight is 551 g/mol. The van der Waals surface area contributed by atoms with Crippen LogP contribution in [0, 0.1) is 0 Å². The van der Waals surface area contributed by atoms with Gasteiger partial charge in [-0.2, -0.15) is 0 Å². The molecule has 160 valence electrons. The topological polar surface area (TPSA) is 69.1 Å². The number of hydrogen-bond donors (Lipinski definition) is 3. The molecule has 1 aliphatic heterocycles. The van der Waals surface area contributed by atoms with Crippen molar-refractivity contribution in [3.8, 4) is 5.75 Å². The monoisotopic (exact) mass is 550 g/mol. The molecule has 0 radical (unpaired) electrons. The van der Waals surface area contributed by atoms with E-state index < -0.39 is 6.10 Å². The molecule has 0 spiro atoms. The highest BCUT2D eigenvalue weighted by Gasteiger charge is 2.25. The lowest BCUT2D eigenvalue weighted by Gasteiger charge is -2.22. The zero-order valence-electron chi connectivity index (χ0n) is 16.6. The number of hydrogen-bond acceptors (Lipinski definition) is 5. The largest absolute Gasteiger partial charge is 0.495 e. The fraction of sp³-hybridized carbons (Fsp3) is 0.450. The zero-order valence-corrected chi connectivity index (χ0v) is 20.5. The molecule has 2 heterocycles. The third-order valence-electron chi connectivity index (χ3n) is 4.64. The van der Waals surface area contributed by atoms with Crippen molar-refractivity contribution in [1.29, 1.82) is 0 Å². The maximum Gasteiger partial charge on any atom is 0.191 e. The Morgan fingerprint density at radius 1 is 1.38 bits per heavy atom. The predicted octanol–water partition coefficient (Wildman–Crippen LogP) is 3.90. The van der Waals surface area contributed by atoms with E-state index in [0.29, 0.717) is 4.34 Å². The fourth-order valence-corrected chi connectivity index (χ4v) is 4.31. The van der Waals surface area contributed by atoms with Gasteiger partial charge in [-0.1, -0.05) is 23.7 Å². The lowest BCUT2D eigenvalue weighted by atomic mass is 10.2. The molecule has 1 aromatic carbocycles. The van der Waals surface area contributed by atoms with Crippen LogP contribution in [0.4, 0.5) is 5.69 Å². The van der Waals surface area contributed by atoms with E-state index in [1.54, 1.807) is 13.2 Å². The zero-order chi connectivity index (χ0) is 19.9. The van der Waals surface area contributed by atoms with Crippen molar-refractivity contribution in [3.63, 3.8) is 0 Å². The van der Waals surface area contributed by atoms with E-state index in [1.165, 1.54) is 11.3 Å². The number of para-hydroxylation sites is 2. The van der Waals surface area contributed by atoms with Crippen molar-refractivity contribution in [1.82, 2.24) is 10.6 Å². The Hall–Kier alpha value is -1.23. The van der Waals surface area contributed by atoms with Crippen LogP contribution in [0.15, 0.2) is 41.4 Å². The summed E-state index contributed by atoms with van der Waals surface area (Å²) in [5.41, 5.74) is 1.11. The van der Waals surface area contributed by atoms with Gasteiger partial charge in [-0.25, -0.2) is 0 Å². The van der Waals surface area contributed by atoms with E-state index in [2.05, 4.69) is 26.6 Å². The number of guanidine groups is 1. The summed E-state index contributed by atoms with van der Waals surface area (Å²) in [6.45, 7) is 4.90. The molecule has 1 saturated heterocycles. The molecule has 29 heavy (non-hydrogen) atoms. The quantitative estimate of drug-likeness (QED) is 0.277. The average Bonchev–Trinajstić information content (AvgIpc) is 3.35. The summed E-state index contributed by atoms with van der Waals surface area (Å²) in [6.07, 6.45) is 0.354. The number of benzene rings is 1. The summed E-state index contributed by atoms with van der Waals surface area (Å²) in [4.78, 5) is 7.71. The van der Waals surface area contributed by atoms with Crippen molar-refractivity contribution in [2.75, 3.05) is 38.2 Å². The molecule has 1 aromatic heterocycles. The molecule has 2 atom stereocenters. The molecule has 3 rings (SSSR count). The van der Waals surface area contributed by atoms with Gasteiger partial charge in [0.05, 0.1) is 23.7 Å². The van der Waals surface area contributed by atoms with E-state index >= 15 is 0 Å². The van der Waals surface area contributed by atoms with E-state index in [9.17, 15) is 5.11 Å². The van der Waals surface area contributed by atoms with Gasteiger partial charge in [0, 0.05) is 30.6 Å². The van der Waals surface area contributed by atoms with Crippen LogP contribution >= 0.6 is 46.9 Å². The highest BCUT2D eigenvalue weighted by atomic mass is 127. The number of nitrogens with one attached hydrogen (secondary N) is 2. The second kappa shape index (κ2) is 11.8. The second-order valence-corrected chi connectivity index (χ2v) is 8.37. The van der Waals surface area contributed by atoms with Gasteiger partial charge >= 0.3 is 0 Å². The molecule has 2 aromatic rings. The minimum atomic E-state index is -0.651. The van der Waals surface area contributed by atoms with Crippen LogP contribution in [0.3, 0.4) is 0 Å². The lowest BCUT2D eigenvalue weighted by molar-refractivity contribution is 0.191. The molecule has 0 bridgehead atoms. The number of anilines is 1. The van der Waals surface area contributed by atoms with E-state index in [1.807, 2.05) is 31.2 Å². The van der Waals surface area contributed by atoms with Gasteiger partial charge in [-0.3, -0.25) is 4.99 Å². The number of nitrogens with zero attached hydrogens (tertiary/aromatic N) is 2. The SMILES string of the molecule is CCNC(=NCC(O)c1ccc(Cl)s1)NC1CCN(c2ccccc2OC)C1.I. The molecular formula is C20H28ClIN4O2S. The molecule has 0 saturated carbocycles. The Kier molecular flexibility index (Phi) is 9.81. The number of thiophene rings is 1. The van der Waals surface area contributed by atoms with E-state index in [0.717, 1.165) is 48.3 Å². The van der Waals surface area contributed by atoms with Gasteiger partial charge in [-0.15, -0.1) is 35.3 Å². The number of rotatable bonds is 7. The number of aliphatic hydroxyl groups is 1. The summed E-state index contributed by atoms with van der Waals surface area (Å²) < 4.78 is 6.16. The number of aliphatic hydroxyl groups excluding tert-OH is 1. The third kappa shape index (κ3) is 6.63. The Bertz CT molecular complexity index is 804. The first-order chi connectivity index (χ1) is 13.6. The summed E-state index contributed by atoms with van der Waals surface area (Å²) in [7, 11) is 1.70. The summed E-state index contributed by atoms with van der Waals surface area (Å²) in [5.74, 6) is 1.61. The maximum atomic E-state index is 10.3. The Morgan fingerprint density at radius 2 is 2.17 bits per heavy atom. The van der Waals surface area contributed by atoms with Crippen molar-refractivity contribution in [2.24, 2.45) is 4.99 Å². The van der Waals surface area contributed by atoms with Crippen molar-refractivity contribution in [3.05, 3.63) is 45.6 Å². The second-order valence-electron chi connectivity index (χ2n) is 6.63. The van der Waals surface area contributed by atoms with Gasteiger partial charge in [-0.05, 0) is 37.6 Å². The summed E-state index contributed by atoms with van der Waals surface area (Å²) in [5, 5.41) is 17.1. The van der Waals surface area contributed by atoms with Crippen LogP contribution in [-0.4, -0.2) is 50.4 Å². The van der Waals surface area contributed by atoms with Crippen LogP contribution < -0.4 is 20.3 Å². The number of methoxy groups -OCH3 is 1. The van der Waals surface area contributed by atoms with Crippen molar-refractivity contribution >= 4 is 58.6 Å². The number of halogens is 2. The molecule has 9 heteroatoms. The maximum absolute atomic E-state index is 10.3. The van der Waals surface area contributed by atoms with E-state index in [-0.39, 0.29) is 36.6 Å². The highest BCUT2D eigenvalue weighted by Crippen LogP contribution is 2.30. The van der Waals surface area contributed by atoms with Crippen molar-refractivity contribution < 1.29 is 9.84 Å². The van der Waals surface area contributed by atoms with Crippen LogP contribution in [0.25, 0.3) is 0 Å². The molecule has 1 fully saturated rings. The molecule has 3 N–H and O–H groups in total. The third-order valence-corrected chi connectivity index (χ3v) is 5.98. The Labute approximate surface area is 198 Å². The first-order valence-electron chi connectivity index (χ1n) is 9.46. The van der Waals surface area contributed by atoms with Gasteiger partial charge in [0.2, 0.25) is 0 Å². The standard InChI is InChI=1S/C20H27ClN4O2S.HI/c1-3-22-20(23-12-16(26)18-8-9-19(21)28-18)24-14-10-11-25(13-14)15-6-4-5-7-17(15)27-2;/h4-9,14,16,26H,3,10-13H2,1-2H3,(H2,22,23,24);1H. The molecular weight excluding hydrogens is 523 g/mol. The minimum absolute atomic E-state index is 0. The first-order valence-corrected chi connectivity index (χ1v) is 10.7. The number of ether oxygens (including phenoxy) is 1. The minimum Gasteiger partial charge on any atom is -0.495 e. The Morgan fingerprint density at radius 3 is 2.86 bits per heavy atom. The molecule has 6 nitrogen and oxygen atoms in total. The smallest absolute Gasteiger partial charge is 0.191 e. The van der Waals surface area contributed by atoms with Crippen LogP contribution in [0.2, 0.25) is 4.34 Å². The molecule has 0 amide bonds. The first kappa shape index (κ1) is 24.0. The van der Waals surface area contributed by atoms with Gasteiger partial charge < -0.3 is 25.4 Å².